The normalized spacial score (nSPS) is 24.7. The number of rotatable bonds is 7. The van der Waals surface area contributed by atoms with Gasteiger partial charge in [0.25, 0.3) is 0 Å². The molecule has 1 heterocycles. The molecule has 1 aliphatic rings. The molecule has 1 amide bonds. The molecule has 0 aromatic rings. The summed E-state index contributed by atoms with van der Waals surface area (Å²) in [4.78, 5) is 13.8. The molecule has 1 aliphatic heterocycles. The van der Waals surface area contributed by atoms with Crippen LogP contribution in [0.1, 0.15) is 32.6 Å². The number of primary amides is 1. The molecule has 0 aromatic heterocycles. The van der Waals surface area contributed by atoms with Gasteiger partial charge in [0.05, 0.1) is 11.6 Å². The van der Waals surface area contributed by atoms with E-state index in [-0.39, 0.29) is 5.91 Å². The number of likely N-dealkylation sites (tertiary alicyclic amines) is 1. The molecule has 2 unspecified atom stereocenters. The molecule has 0 aliphatic carbocycles. The van der Waals surface area contributed by atoms with Crippen molar-refractivity contribution in [3.05, 3.63) is 0 Å². The molecule has 1 saturated heterocycles. The van der Waals surface area contributed by atoms with Crippen molar-refractivity contribution in [2.45, 2.75) is 44.2 Å². The average molecular weight is 257 g/mol. The van der Waals surface area contributed by atoms with Crippen LogP contribution in [0, 0.1) is 0 Å². The van der Waals surface area contributed by atoms with Crippen molar-refractivity contribution in [1.29, 1.82) is 0 Å². The lowest BCUT2D eigenvalue weighted by molar-refractivity contribution is -0.123. The topological polar surface area (TPSA) is 67.6 Å². The van der Waals surface area contributed by atoms with Gasteiger partial charge in [-0.25, -0.2) is 0 Å². The van der Waals surface area contributed by atoms with E-state index in [9.17, 15) is 4.79 Å². The number of likely N-dealkylation sites (N-methyl/N-ethyl adjacent to an activating group) is 1. The van der Waals surface area contributed by atoms with E-state index in [4.69, 9.17) is 10.5 Å². The van der Waals surface area contributed by atoms with Gasteiger partial charge < -0.3 is 20.7 Å². The van der Waals surface area contributed by atoms with Crippen molar-refractivity contribution in [2.24, 2.45) is 5.73 Å². The van der Waals surface area contributed by atoms with Gasteiger partial charge in [-0.2, -0.15) is 0 Å². The maximum Gasteiger partial charge on any atom is 0.237 e. The highest BCUT2D eigenvalue weighted by molar-refractivity contribution is 5.84. The number of piperidine rings is 1. The summed E-state index contributed by atoms with van der Waals surface area (Å²) in [6, 6.07) is 0. The van der Waals surface area contributed by atoms with Gasteiger partial charge in [-0.3, -0.25) is 4.79 Å². The fourth-order valence-electron chi connectivity index (χ4n) is 2.44. The number of methoxy groups -OCH3 is 1. The first kappa shape index (κ1) is 15.4. The molecular weight excluding hydrogens is 230 g/mol. The fraction of sp³-hybridized carbons (Fsp3) is 0.923. The maximum absolute atomic E-state index is 11.4. The zero-order chi connectivity index (χ0) is 13.6. The molecule has 18 heavy (non-hydrogen) atoms. The monoisotopic (exact) mass is 257 g/mol. The van der Waals surface area contributed by atoms with Crippen molar-refractivity contribution < 1.29 is 9.53 Å². The van der Waals surface area contributed by atoms with E-state index in [2.05, 4.69) is 10.2 Å². The number of carbonyl (C=O) groups is 1. The lowest BCUT2D eigenvalue weighted by Crippen LogP contribution is -2.51. The van der Waals surface area contributed by atoms with Crippen LogP contribution in [0.15, 0.2) is 0 Å². The second-order valence-electron chi connectivity index (χ2n) is 5.35. The maximum atomic E-state index is 11.4. The third kappa shape index (κ3) is 4.23. The van der Waals surface area contributed by atoms with E-state index in [1.54, 1.807) is 14.2 Å². The van der Waals surface area contributed by atoms with Crippen LogP contribution in [0.2, 0.25) is 0 Å². The average Bonchev–Trinajstić information content (AvgIpc) is 2.38. The third-order valence-corrected chi connectivity index (χ3v) is 4.04. The van der Waals surface area contributed by atoms with Crippen molar-refractivity contribution in [1.82, 2.24) is 10.2 Å². The number of hydrogen-bond acceptors (Lipinski definition) is 4. The molecule has 5 heteroatoms. The summed E-state index contributed by atoms with van der Waals surface area (Å²) >= 11 is 0. The van der Waals surface area contributed by atoms with E-state index in [1.165, 1.54) is 6.42 Å². The highest BCUT2D eigenvalue weighted by Gasteiger charge is 2.28. The summed E-state index contributed by atoms with van der Waals surface area (Å²) in [5.74, 6) is -0.279. The van der Waals surface area contributed by atoms with Crippen LogP contribution in [0.5, 0.6) is 0 Å². The number of amides is 1. The Kier molecular flexibility index (Phi) is 6.05. The van der Waals surface area contributed by atoms with E-state index in [1.807, 2.05) is 6.92 Å². The highest BCUT2D eigenvalue weighted by Crippen LogP contribution is 2.16. The lowest BCUT2D eigenvalue weighted by atomic mass is 9.95. The van der Waals surface area contributed by atoms with E-state index < -0.39 is 5.54 Å². The van der Waals surface area contributed by atoms with E-state index in [0.717, 1.165) is 38.9 Å². The quantitative estimate of drug-likeness (QED) is 0.690. The minimum atomic E-state index is -0.587. The molecule has 0 radical (unpaired) electrons. The standard InChI is InChI=1S/C13H27N3O2/c1-13(15-2,12(14)17)7-5-9-16-8-4-6-11(10-16)18-3/h11,15H,4-10H2,1-3H3,(H2,14,17). The molecule has 1 fully saturated rings. The number of hydrogen-bond donors (Lipinski definition) is 2. The number of ether oxygens (including phenoxy) is 1. The van der Waals surface area contributed by atoms with Crippen LogP contribution >= 0.6 is 0 Å². The van der Waals surface area contributed by atoms with Crippen molar-refractivity contribution in [2.75, 3.05) is 33.8 Å². The van der Waals surface area contributed by atoms with E-state index >= 15 is 0 Å². The smallest absolute Gasteiger partial charge is 0.237 e. The fourth-order valence-corrected chi connectivity index (χ4v) is 2.44. The number of carbonyl (C=O) groups excluding carboxylic acids is 1. The van der Waals surface area contributed by atoms with Crippen LogP contribution in [0.3, 0.4) is 0 Å². The van der Waals surface area contributed by atoms with Gasteiger partial charge in [0.1, 0.15) is 0 Å². The highest BCUT2D eigenvalue weighted by atomic mass is 16.5. The summed E-state index contributed by atoms with van der Waals surface area (Å²) in [5.41, 5.74) is 4.82. The Labute approximate surface area is 110 Å². The SMILES string of the molecule is CNC(C)(CCCN1CCCC(OC)C1)C(N)=O. The molecule has 2 atom stereocenters. The molecular formula is C13H27N3O2. The van der Waals surface area contributed by atoms with Crippen LogP contribution in [-0.2, 0) is 9.53 Å². The number of nitrogens with zero attached hydrogens (tertiary/aromatic N) is 1. The molecule has 1 rings (SSSR count). The van der Waals surface area contributed by atoms with Crippen LogP contribution in [0.25, 0.3) is 0 Å². The molecule has 0 aromatic carbocycles. The predicted octanol–water partition coefficient (Wildman–Crippen LogP) is 0.341. The second-order valence-corrected chi connectivity index (χ2v) is 5.35. The minimum absolute atomic E-state index is 0.279. The summed E-state index contributed by atoms with van der Waals surface area (Å²) in [6.45, 7) is 5.00. The van der Waals surface area contributed by atoms with Gasteiger partial charge in [0.2, 0.25) is 5.91 Å². The molecule has 5 nitrogen and oxygen atoms in total. The van der Waals surface area contributed by atoms with Crippen molar-refractivity contribution in [3.63, 3.8) is 0 Å². The predicted molar refractivity (Wildman–Crippen MR) is 72.4 cm³/mol. The third-order valence-electron chi connectivity index (χ3n) is 4.04. The Morgan fingerprint density at radius 2 is 2.33 bits per heavy atom. The Bertz CT molecular complexity index is 273. The first-order valence-corrected chi connectivity index (χ1v) is 6.76. The first-order chi connectivity index (χ1) is 8.51. The Balaban J connectivity index is 2.30. The number of nitrogens with two attached hydrogens (primary N) is 1. The molecule has 0 bridgehead atoms. The molecule has 0 spiro atoms. The van der Waals surface area contributed by atoms with Gasteiger partial charge in [-0.15, -0.1) is 0 Å². The molecule has 3 N–H and O–H groups in total. The Morgan fingerprint density at radius 3 is 2.89 bits per heavy atom. The minimum Gasteiger partial charge on any atom is -0.380 e. The second kappa shape index (κ2) is 7.07. The summed E-state index contributed by atoms with van der Waals surface area (Å²) in [5, 5.41) is 3.02. The van der Waals surface area contributed by atoms with Crippen LogP contribution in [-0.4, -0.2) is 56.2 Å². The molecule has 106 valence electrons. The Morgan fingerprint density at radius 1 is 1.61 bits per heavy atom. The first-order valence-electron chi connectivity index (χ1n) is 6.76. The van der Waals surface area contributed by atoms with Gasteiger partial charge in [0.15, 0.2) is 0 Å². The van der Waals surface area contributed by atoms with Gasteiger partial charge in [-0.1, -0.05) is 0 Å². The molecule has 0 saturated carbocycles. The zero-order valence-corrected chi connectivity index (χ0v) is 11.9. The van der Waals surface area contributed by atoms with Gasteiger partial charge in [0, 0.05) is 13.7 Å². The number of nitrogens with one attached hydrogen (secondary N) is 1. The van der Waals surface area contributed by atoms with Crippen molar-refractivity contribution >= 4 is 5.91 Å². The van der Waals surface area contributed by atoms with E-state index in [0.29, 0.717) is 6.10 Å². The Hall–Kier alpha value is -0.650. The van der Waals surface area contributed by atoms with Crippen LogP contribution in [0.4, 0.5) is 0 Å². The lowest BCUT2D eigenvalue weighted by Gasteiger charge is -2.33. The summed E-state index contributed by atoms with van der Waals surface area (Å²) in [7, 11) is 3.56. The largest absolute Gasteiger partial charge is 0.380 e. The summed E-state index contributed by atoms with van der Waals surface area (Å²) < 4.78 is 5.40. The van der Waals surface area contributed by atoms with Crippen LogP contribution < -0.4 is 11.1 Å². The zero-order valence-electron chi connectivity index (χ0n) is 11.9. The van der Waals surface area contributed by atoms with Crippen molar-refractivity contribution in [3.8, 4) is 0 Å². The van der Waals surface area contributed by atoms with Gasteiger partial charge >= 0.3 is 0 Å². The summed E-state index contributed by atoms with van der Waals surface area (Å²) in [6.07, 6.45) is 4.45. The van der Waals surface area contributed by atoms with Gasteiger partial charge in [-0.05, 0) is 52.7 Å².